The smallest absolute Gasteiger partial charge is 0.224 e. The van der Waals surface area contributed by atoms with Crippen molar-refractivity contribution in [3.63, 3.8) is 0 Å². The Hall–Kier alpha value is -1.99. The Morgan fingerprint density at radius 3 is 2.58 bits per heavy atom. The number of ether oxygens (including phenoxy) is 2. The number of hydrogen-bond acceptors (Lipinski definition) is 5. The van der Waals surface area contributed by atoms with Crippen LogP contribution in [0.2, 0.25) is 10.0 Å². The van der Waals surface area contributed by atoms with Crippen molar-refractivity contribution in [3.05, 3.63) is 52.5 Å². The SMILES string of the molecule is CC(C)CC(=O)Nc1ccccc1OCC(O)CN1CCC(Oc2ccc(Cl)c(Cl)c2)CC1. The molecule has 0 bridgehead atoms. The van der Waals surface area contributed by atoms with E-state index in [0.717, 1.165) is 31.7 Å². The molecule has 0 radical (unpaired) electrons. The number of likely N-dealkylation sites (tertiary alicyclic amines) is 1. The first-order chi connectivity index (χ1) is 15.8. The van der Waals surface area contributed by atoms with Gasteiger partial charge in [-0.25, -0.2) is 0 Å². The molecule has 2 aromatic carbocycles. The first-order valence-electron chi connectivity index (χ1n) is 11.3. The van der Waals surface area contributed by atoms with Crippen LogP contribution in [0.15, 0.2) is 42.5 Å². The fraction of sp³-hybridized carbons (Fsp3) is 0.480. The minimum absolute atomic E-state index is 0.0486. The van der Waals surface area contributed by atoms with Gasteiger partial charge in [0.05, 0.1) is 15.7 Å². The number of hydrogen-bond donors (Lipinski definition) is 2. The number of carbonyl (C=O) groups excluding carboxylic acids is 1. The Kier molecular flexibility index (Phi) is 9.68. The molecular formula is C25H32Cl2N2O4. The fourth-order valence-corrected chi connectivity index (χ4v) is 4.04. The molecule has 2 aromatic rings. The molecular weight excluding hydrogens is 463 g/mol. The third kappa shape index (κ3) is 8.38. The number of aliphatic hydroxyl groups is 1. The Morgan fingerprint density at radius 2 is 1.88 bits per heavy atom. The Bertz CT molecular complexity index is 917. The zero-order valence-electron chi connectivity index (χ0n) is 19.1. The van der Waals surface area contributed by atoms with Crippen LogP contribution in [0.25, 0.3) is 0 Å². The molecule has 1 fully saturated rings. The molecule has 33 heavy (non-hydrogen) atoms. The van der Waals surface area contributed by atoms with Crippen LogP contribution in [0.3, 0.4) is 0 Å². The lowest BCUT2D eigenvalue weighted by atomic mass is 10.1. The maximum atomic E-state index is 12.1. The molecule has 1 heterocycles. The van der Waals surface area contributed by atoms with E-state index >= 15 is 0 Å². The van der Waals surface area contributed by atoms with Crippen LogP contribution in [0, 0.1) is 5.92 Å². The van der Waals surface area contributed by atoms with E-state index < -0.39 is 6.10 Å². The van der Waals surface area contributed by atoms with Crippen molar-refractivity contribution in [2.45, 2.75) is 45.3 Å². The van der Waals surface area contributed by atoms with Crippen molar-refractivity contribution >= 4 is 34.8 Å². The van der Waals surface area contributed by atoms with Gasteiger partial charge >= 0.3 is 0 Å². The summed E-state index contributed by atoms with van der Waals surface area (Å²) < 4.78 is 11.9. The lowest BCUT2D eigenvalue weighted by Crippen LogP contribution is -2.43. The number of β-amino-alcohol motifs (C(OH)–C–C–N with tert-alkyl or cyclic N) is 1. The number of halogens is 2. The van der Waals surface area contributed by atoms with Gasteiger partial charge in [0.1, 0.15) is 30.3 Å². The number of anilines is 1. The number of para-hydroxylation sites is 2. The van der Waals surface area contributed by atoms with Gasteiger partial charge in [0, 0.05) is 32.1 Å². The van der Waals surface area contributed by atoms with Gasteiger partial charge in [0.2, 0.25) is 5.91 Å². The van der Waals surface area contributed by atoms with Gasteiger partial charge in [-0.1, -0.05) is 49.2 Å². The summed E-state index contributed by atoms with van der Waals surface area (Å²) in [5, 5.41) is 14.4. The van der Waals surface area contributed by atoms with Gasteiger partial charge in [-0.15, -0.1) is 0 Å². The molecule has 6 nitrogen and oxygen atoms in total. The molecule has 3 rings (SSSR count). The minimum atomic E-state index is -0.642. The van der Waals surface area contributed by atoms with Gasteiger partial charge in [0.15, 0.2) is 0 Å². The third-order valence-corrected chi connectivity index (χ3v) is 6.12. The van der Waals surface area contributed by atoms with Crippen LogP contribution in [0.1, 0.15) is 33.1 Å². The second-order valence-corrected chi connectivity index (χ2v) is 9.62. The van der Waals surface area contributed by atoms with E-state index in [9.17, 15) is 9.90 Å². The topological polar surface area (TPSA) is 71.0 Å². The van der Waals surface area contributed by atoms with Crippen LogP contribution in [0.5, 0.6) is 11.5 Å². The number of aliphatic hydroxyl groups excluding tert-OH is 1. The van der Waals surface area contributed by atoms with Gasteiger partial charge in [-0.2, -0.15) is 0 Å². The van der Waals surface area contributed by atoms with Gasteiger partial charge in [-0.3, -0.25) is 4.79 Å². The monoisotopic (exact) mass is 494 g/mol. The molecule has 1 aliphatic heterocycles. The molecule has 0 spiro atoms. The highest BCUT2D eigenvalue weighted by Crippen LogP contribution is 2.28. The number of rotatable bonds is 10. The lowest BCUT2D eigenvalue weighted by Gasteiger charge is -2.33. The van der Waals surface area contributed by atoms with Crippen molar-refractivity contribution in [3.8, 4) is 11.5 Å². The highest BCUT2D eigenvalue weighted by atomic mass is 35.5. The van der Waals surface area contributed by atoms with E-state index in [1.807, 2.05) is 32.0 Å². The molecule has 1 aliphatic rings. The average Bonchev–Trinajstić information content (AvgIpc) is 2.76. The quantitative estimate of drug-likeness (QED) is 0.471. The molecule has 180 valence electrons. The summed E-state index contributed by atoms with van der Waals surface area (Å²) in [7, 11) is 0. The molecule has 1 saturated heterocycles. The van der Waals surface area contributed by atoms with E-state index in [-0.39, 0.29) is 24.5 Å². The average molecular weight is 495 g/mol. The van der Waals surface area contributed by atoms with Gasteiger partial charge < -0.3 is 24.8 Å². The van der Waals surface area contributed by atoms with Crippen LogP contribution in [-0.4, -0.2) is 54.4 Å². The van der Waals surface area contributed by atoms with Crippen LogP contribution < -0.4 is 14.8 Å². The number of nitrogens with zero attached hydrogens (tertiary/aromatic N) is 1. The standard InChI is InChI=1S/C25H32Cl2N2O4/c1-17(2)13-25(31)28-23-5-3-4-6-24(23)32-16-18(30)15-29-11-9-19(10-12-29)33-20-7-8-21(26)22(27)14-20/h3-8,14,17-19,30H,9-13,15-16H2,1-2H3,(H,28,31). The fourth-order valence-electron chi connectivity index (χ4n) is 3.76. The predicted octanol–water partition coefficient (Wildman–Crippen LogP) is 5.26. The van der Waals surface area contributed by atoms with Crippen molar-refractivity contribution in [1.82, 2.24) is 4.90 Å². The Labute approximate surface area is 205 Å². The minimum Gasteiger partial charge on any atom is -0.490 e. The van der Waals surface area contributed by atoms with E-state index in [1.165, 1.54) is 0 Å². The highest BCUT2D eigenvalue weighted by molar-refractivity contribution is 6.42. The maximum absolute atomic E-state index is 12.1. The summed E-state index contributed by atoms with van der Waals surface area (Å²) in [6.07, 6.45) is 1.63. The molecule has 1 amide bonds. The van der Waals surface area contributed by atoms with Crippen molar-refractivity contribution in [2.24, 2.45) is 5.92 Å². The zero-order valence-corrected chi connectivity index (χ0v) is 20.6. The molecule has 1 atom stereocenters. The first kappa shape index (κ1) is 25.6. The van der Waals surface area contributed by atoms with E-state index in [1.54, 1.807) is 24.3 Å². The Morgan fingerprint density at radius 1 is 1.15 bits per heavy atom. The number of benzene rings is 2. The number of carbonyl (C=O) groups is 1. The highest BCUT2D eigenvalue weighted by Gasteiger charge is 2.23. The summed E-state index contributed by atoms with van der Waals surface area (Å²) in [6, 6.07) is 12.6. The molecule has 0 saturated carbocycles. The van der Waals surface area contributed by atoms with Crippen LogP contribution in [0.4, 0.5) is 5.69 Å². The van der Waals surface area contributed by atoms with E-state index in [2.05, 4.69) is 10.2 Å². The summed E-state index contributed by atoms with van der Waals surface area (Å²) in [5.74, 6) is 1.50. The summed E-state index contributed by atoms with van der Waals surface area (Å²) >= 11 is 12.0. The summed E-state index contributed by atoms with van der Waals surface area (Å²) in [4.78, 5) is 14.3. The van der Waals surface area contributed by atoms with Gasteiger partial charge in [-0.05, 0) is 43.0 Å². The molecule has 0 aliphatic carbocycles. The molecule has 8 heteroatoms. The van der Waals surface area contributed by atoms with E-state index in [4.69, 9.17) is 32.7 Å². The number of nitrogens with one attached hydrogen (secondary N) is 1. The zero-order chi connectivity index (χ0) is 23.8. The molecule has 1 unspecified atom stereocenters. The maximum Gasteiger partial charge on any atom is 0.224 e. The second kappa shape index (κ2) is 12.5. The predicted molar refractivity (Wildman–Crippen MR) is 133 cm³/mol. The normalized spacial score (nSPS) is 15.9. The summed E-state index contributed by atoms with van der Waals surface area (Å²) in [5.41, 5.74) is 0.621. The van der Waals surface area contributed by atoms with Crippen molar-refractivity contribution in [1.29, 1.82) is 0 Å². The molecule has 2 N–H and O–H groups in total. The lowest BCUT2D eigenvalue weighted by molar-refractivity contribution is -0.116. The van der Waals surface area contributed by atoms with Crippen LogP contribution in [-0.2, 0) is 4.79 Å². The first-order valence-corrected chi connectivity index (χ1v) is 12.1. The van der Waals surface area contributed by atoms with Gasteiger partial charge in [0.25, 0.3) is 0 Å². The second-order valence-electron chi connectivity index (χ2n) is 8.80. The Balaban J connectivity index is 1.42. The number of amides is 1. The van der Waals surface area contributed by atoms with Crippen LogP contribution >= 0.6 is 23.2 Å². The van der Waals surface area contributed by atoms with E-state index in [0.29, 0.717) is 34.4 Å². The summed E-state index contributed by atoms with van der Waals surface area (Å²) in [6.45, 7) is 6.31. The number of piperidine rings is 1. The van der Waals surface area contributed by atoms with Crippen molar-refractivity contribution in [2.75, 3.05) is 31.6 Å². The molecule has 0 aromatic heterocycles. The van der Waals surface area contributed by atoms with Crippen molar-refractivity contribution < 1.29 is 19.4 Å². The largest absolute Gasteiger partial charge is 0.490 e. The third-order valence-electron chi connectivity index (χ3n) is 5.38.